The number of amides is 1. The average molecular weight is 203 g/mol. The van der Waals surface area contributed by atoms with Crippen LogP contribution in [0.1, 0.15) is 20.3 Å². The van der Waals surface area contributed by atoms with Crippen molar-refractivity contribution in [3.63, 3.8) is 0 Å². The van der Waals surface area contributed by atoms with Crippen LogP contribution in [0.15, 0.2) is 12.7 Å². The smallest absolute Gasteiger partial charge is 0.408 e. The van der Waals surface area contributed by atoms with Gasteiger partial charge in [-0.15, -0.1) is 18.3 Å². The summed E-state index contributed by atoms with van der Waals surface area (Å²) in [6, 6.07) is 0. The van der Waals surface area contributed by atoms with Crippen molar-refractivity contribution in [2.24, 2.45) is 0 Å². The van der Waals surface area contributed by atoms with Gasteiger partial charge >= 0.3 is 6.09 Å². The predicted octanol–water partition coefficient (Wildman–Crippen LogP) is 2.39. The van der Waals surface area contributed by atoms with Gasteiger partial charge in [-0.25, -0.2) is 4.79 Å². The monoisotopic (exact) mass is 203 g/mol. The van der Waals surface area contributed by atoms with Gasteiger partial charge in [-0.1, -0.05) is 13.0 Å². The fraction of sp³-hybridized carbons (Fsp3) is 0.667. The van der Waals surface area contributed by atoms with Crippen molar-refractivity contribution in [2.75, 3.05) is 11.6 Å². The Balaban J connectivity index is 3.35. The van der Waals surface area contributed by atoms with Crippen LogP contribution < -0.4 is 5.32 Å². The number of carbonyl (C=O) groups excluding carboxylic acids is 1. The Morgan fingerprint density at radius 1 is 1.77 bits per heavy atom. The molecule has 0 aliphatic rings. The van der Waals surface area contributed by atoms with Crippen molar-refractivity contribution in [2.45, 2.75) is 26.4 Å². The highest BCUT2D eigenvalue weighted by Crippen LogP contribution is 1.99. The van der Waals surface area contributed by atoms with E-state index in [1.807, 2.05) is 13.8 Å². The van der Waals surface area contributed by atoms with Gasteiger partial charge in [0, 0.05) is 5.75 Å². The second-order valence-electron chi connectivity index (χ2n) is 2.60. The van der Waals surface area contributed by atoms with Gasteiger partial charge in [0.15, 0.2) is 0 Å². The molecule has 0 aromatic rings. The van der Waals surface area contributed by atoms with E-state index >= 15 is 0 Å². The first-order valence-corrected chi connectivity index (χ1v) is 5.49. The summed E-state index contributed by atoms with van der Waals surface area (Å²) in [4.78, 5) is 11.0. The van der Waals surface area contributed by atoms with Crippen LogP contribution in [0.4, 0.5) is 4.79 Å². The number of hydrogen-bond donors (Lipinski definition) is 1. The Labute approximate surface area is 83.9 Å². The van der Waals surface area contributed by atoms with Gasteiger partial charge in [0.25, 0.3) is 0 Å². The molecular weight excluding hydrogens is 186 g/mol. The zero-order chi connectivity index (χ0) is 10.1. The summed E-state index contributed by atoms with van der Waals surface area (Å²) >= 11 is 1.59. The Hall–Kier alpha value is -0.640. The highest BCUT2D eigenvalue weighted by atomic mass is 32.2. The summed E-state index contributed by atoms with van der Waals surface area (Å²) in [5, 5.41) is 2.64. The second kappa shape index (κ2) is 7.98. The SMILES string of the molecule is C=CCSCNC(=O)OC(C)CC. The highest BCUT2D eigenvalue weighted by molar-refractivity contribution is 7.99. The van der Waals surface area contributed by atoms with Crippen LogP contribution in [-0.4, -0.2) is 23.8 Å². The lowest BCUT2D eigenvalue weighted by molar-refractivity contribution is 0.106. The summed E-state index contributed by atoms with van der Waals surface area (Å²) in [5.41, 5.74) is 0. The summed E-state index contributed by atoms with van der Waals surface area (Å²) in [6.07, 6.45) is 2.29. The number of nitrogens with one attached hydrogen (secondary N) is 1. The zero-order valence-electron chi connectivity index (χ0n) is 8.21. The molecule has 0 radical (unpaired) electrons. The Morgan fingerprint density at radius 3 is 3.00 bits per heavy atom. The second-order valence-corrected chi connectivity index (χ2v) is 3.64. The maximum absolute atomic E-state index is 11.0. The molecule has 0 spiro atoms. The van der Waals surface area contributed by atoms with E-state index in [9.17, 15) is 4.79 Å². The predicted molar refractivity (Wildman–Crippen MR) is 56.9 cm³/mol. The van der Waals surface area contributed by atoms with Crippen LogP contribution in [-0.2, 0) is 4.74 Å². The summed E-state index contributed by atoms with van der Waals surface area (Å²) in [7, 11) is 0. The van der Waals surface area contributed by atoms with E-state index < -0.39 is 0 Å². The quantitative estimate of drug-likeness (QED) is 0.409. The summed E-state index contributed by atoms with van der Waals surface area (Å²) in [6.45, 7) is 7.42. The van der Waals surface area contributed by atoms with Crippen molar-refractivity contribution in [3.05, 3.63) is 12.7 Å². The molecule has 1 amide bonds. The molecule has 0 aliphatic carbocycles. The molecule has 1 atom stereocenters. The first kappa shape index (κ1) is 12.4. The first-order chi connectivity index (χ1) is 6.20. The molecule has 0 aromatic heterocycles. The van der Waals surface area contributed by atoms with Crippen LogP contribution in [0.2, 0.25) is 0 Å². The number of hydrogen-bond acceptors (Lipinski definition) is 3. The molecule has 4 heteroatoms. The molecule has 0 aromatic carbocycles. The third-order valence-electron chi connectivity index (χ3n) is 1.44. The van der Waals surface area contributed by atoms with Crippen LogP contribution in [0.5, 0.6) is 0 Å². The first-order valence-electron chi connectivity index (χ1n) is 4.33. The van der Waals surface area contributed by atoms with Gasteiger partial charge in [0.2, 0.25) is 0 Å². The molecule has 3 nitrogen and oxygen atoms in total. The van der Waals surface area contributed by atoms with Gasteiger partial charge < -0.3 is 10.1 Å². The van der Waals surface area contributed by atoms with E-state index in [4.69, 9.17) is 4.74 Å². The maximum Gasteiger partial charge on any atom is 0.408 e. The Kier molecular flexibility index (Phi) is 7.59. The molecule has 0 rings (SSSR count). The Morgan fingerprint density at radius 2 is 2.46 bits per heavy atom. The molecule has 13 heavy (non-hydrogen) atoms. The lowest BCUT2D eigenvalue weighted by atomic mass is 10.3. The maximum atomic E-state index is 11.0. The molecule has 0 heterocycles. The van der Waals surface area contributed by atoms with Gasteiger partial charge in [0.1, 0.15) is 6.10 Å². The van der Waals surface area contributed by atoms with Crippen LogP contribution in [0.3, 0.4) is 0 Å². The van der Waals surface area contributed by atoms with Crippen LogP contribution >= 0.6 is 11.8 Å². The van der Waals surface area contributed by atoms with E-state index in [1.165, 1.54) is 0 Å². The molecule has 0 saturated heterocycles. The molecule has 0 bridgehead atoms. The van der Waals surface area contributed by atoms with E-state index in [2.05, 4.69) is 11.9 Å². The molecule has 76 valence electrons. The normalized spacial score (nSPS) is 11.8. The molecule has 0 saturated carbocycles. The van der Waals surface area contributed by atoms with Crippen molar-refractivity contribution >= 4 is 17.9 Å². The average Bonchev–Trinajstić information content (AvgIpc) is 2.12. The van der Waals surface area contributed by atoms with E-state index in [0.29, 0.717) is 5.88 Å². The van der Waals surface area contributed by atoms with Crippen LogP contribution in [0, 0.1) is 0 Å². The van der Waals surface area contributed by atoms with Gasteiger partial charge in [-0.3, -0.25) is 0 Å². The van der Waals surface area contributed by atoms with E-state index in [-0.39, 0.29) is 12.2 Å². The van der Waals surface area contributed by atoms with Gasteiger partial charge in [-0.05, 0) is 13.3 Å². The fourth-order valence-electron chi connectivity index (χ4n) is 0.560. The minimum absolute atomic E-state index is 0.00981. The zero-order valence-corrected chi connectivity index (χ0v) is 9.02. The van der Waals surface area contributed by atoms with Gasteiger partial charge in [-0.2, -0.15) is 0 Å². The van der Waals surface area contributed by atoms with E-state index in [1.54, 1.807) is 17.8 Å². The molecule has 0 aliphatic heterocycles. The lowest BCUT2D eigenvalue weighted by Gasteiger charge is -2.11. The molecule has 1 N–H and O–H groups in total. The minimum atomic E-state index is -0.342. The highest BCUT2D eigenvalue weighted by Gasteiger charge is 2.05. The topological polar surface area (TPSA) is 38.3 Å². The largest absolute Gasteiger partial charge is 0.447 e. The molecular formula is C9H17NO2S. The number of alkyl carbamates (subject to hydrolysis) is 1. The number of carbonyl (C=O) groups is 1. The van der Waals surface area contributed by atoms with Crippen molar-refractivity contribution in [1.29, 1.82) is 0 Å². The van der Waals surface area contributed by atoms with Crippen molar-refractivity contribution in [3.8, 4) is 0 Å². The number of ether oxygens (including phenoxy) is 1. The Bertz CT molecular complexity index is 162. The fourth-order valence-corrected chi connectivity index (χ4v) is 1.06. The summed E-state index contributed by atoms with van der Waals surface area (Å²) < 4.78 is 4.99. The van der Waals surface area contributed by atoms with Crippen molar-refractivity contribution in [1.82, 2.24) is 5.32 Å². The third kappa shape index (κ3) is 7.71. The standard InChI is InChI=1S/C9H17NO2S/c1-4-6-13-7-10-9(11)12-8(3)5-2/h4,8H,1,5-7H2,2-3H3,(H,10,11). The summed E-state index contributed by atoms with van der Waals surface area (Å²) in [5.74, 6) is 1.41. The number of rotatable bonds is 6. The minimum Gasteiger partial charge on any atom is -0.447 e. The van der Waals surface area contributed by atoms with E-state index in [0.717, 1.165) is 12.2 Å². The molecule has 0 fully saturated rings. The lowest BCUT2D eigenvalue weighted by Crippen LogP contribution is -2.27. The van der Waals surface area contributed by atoms with Crippen LogP contribution in [0.25, 0.3) is 0 Å². The third-order valence-corrected chi connectivity index (χ3v) is 2.26. The van der Waals surface area contributed by atoms with Crippen molar-refractivity contribution < 1.29 is 9.53 Å². The van der Waals surface area contributed by atoms with Gasteiger partial charge in [0.05, 0.1) is 5.88 Å². The number of thioether (sulfide) groups is 1. The molecule has 1 unspecified atom stereocenters.